The van der Waals surface area contributed by atoms with Crippen LogP contribution in [0, 0.1) is 0 Å². The summed E-state index contributed by atoms with van der Waals surface area (Å²) in [7, 11) is 2.01. The Morgan fingerprint density at radius 1 is 1.09 bits per heavy atom. The molecule has 2 rings (SSSR count). The fraction of sp³-hybridized carbons (Fsp3) is 0.278. The molecule has 0 bridgehead atoms. The lowest BCUT2D eigenvalue weighted by Gasteiger charge is -2.19. The van der Waals surface area contributed by atoms with E-state index in [2.05, 4.69) is 10.2 Å². The number of carbonyl (C=O) groups is 1. The standard InChI is InChI=1S/C18H20Cl2N2O/c1-22(15-7-3-2-4-8-15)13-12-21-17(23)11-10-14-6-5-9-16(19)18(14)20/h2-9H,10-13H2,1H3,(H,21,23). The number of para-hydroxylation sites is 1. The van der Waals surface area contributed by atoms with Crippen LogP contribution < -0.4 is 10.2 Å². The van der Waals surface area contributed by atoms with Crippen molar-refractivity contribution in [1.29, 1.82) is 0 Å². The summed E-state index contributed by atoms with van der Waals surface area (Å²) < 4.78 is 0. The largest absolute Gasteiger partial charge is 0.373 e. The number of nitrogens with zero attached hydrogens (tertiary/aromatic N) is 1. The number of likely N-dealkylation sites (N-methyl/N-ethyl adjacent to an activating group) is 1. The first-order valence-electron chi connectivity index (χ1n) is 7.53. The average molecular weight is 351 g/mol. The first-order chi connectivity index (χ1) is 11.1. The number of rotatable bonds is 7. The minimum Gasteiger partial charge on any atom is -0.373 e. The van der Waals surface area contributed by atoms with Crippen molar-refractivity contribution in [3.8, 4) is 0 Å². The highest BCUT2D eigenvalue weighted by Gasteiger charge is 2.07. The number of aryl methyl sites for hydroxylation is 1. The summed E-state index contributed by atoms with van der Waals surface area (Å²) in [4.78, 5) is 14.0. The molecule has 0 aliphatic heterocycles. The second-order valence-corrected chi connectivity index (χ2v) is 6.11. The van der Waals surface area contributed by atoms with Gasteiger partial charge < -0.3 is 10.2 Å². The van der Waals surface area contributed by atoms with Crippen LogP contribution in [0.5, 0.6) is 0 Å². The summed E-state index contributed by atoms with van der Waals surface area (Å²) in [6.07, 6.45) is 0.981. The molecule has 122 valence electrons. The van der Waals surface area contributed by atoms with E-state index in [1.165, 1.54) is 0 Å². The van der Waals surface area contributed by atoms with Crippen LogP contribution in [0.25, 0.3) is 0 Å². The summed E-state index contributed by atoms with van der Waals surface area (Å²) >= 11 is 12.1. The van der Waals surface area contributed by atoms with Crippen LogP contribution in [0.4, 0.5) is 5.69 Å². The summed E-state index contributed by atoms with van der Waals surface area (Å²) in [6, 6.07) is 15.6. The summed E-state index contributed by atoms with van der Waals surface area (Å²) in [5.74, 6) is 0.0162. The summed E-state index contributed by atoms with van der Waals surface area (Å²) in [6.45, 7) is 1.36. The Hall–Kier alpha value is -1.71. The van der Waals surface area contributed by atoms with Gasteiger partial charge in [0.2, 0.25) is 5.91 Å². The van der Waals surface area contributed by atoms with E-state index in [4.69, 9.17) is 23.2 Å². The number of hydrogen-bond donors (Lipinski definition) is 1. The maximum absolute atomic E-state index is 11.9. The Labute approximate surface area is 147 Å². The van der Waals surface area contributed by atoms with Gasteiger partial charge in [-0.3, -0.25) is 4.79 Å². The molecule has 5 heteroatoms. The van der Waals surface area contributed by atoms with Crippen LogP contribution >= 0.6 is 23.2 Å². The zero-order valence-electron chi connectivity index (χ0n) is 13.1. The Balaban J connectivity index is 1.72. The molecule has 0 heterocycles. The maximum Gasteiger partial charge on any atom is 0.220 e. The van der Waals surface area contributed by atoms with E-state index in [1.807, 2.05) is 49.5 Å². The van der Waals surface area contributed by atoms with Gasteiger partial charge in [0.1, 0.15) is 0 Å². The summed E-state index contributed by atoms with van der Waals surface area (Å²) in [5, 5.41) is 3.99. The third-order valence-corrected chi connectivity index (χ3v) is 4.48. The Kier molecular flexibility index (Phi) is 6.75. The minimum atomic E-state index is 0.0162. The molecule has 0 aliphatic carbocycles. The molecule has 0 spiro atoms. The molecule has 3 nitrogen and oxygen atoms in total. The Morgan fingerprint density at radius 2 is 1.83 bits per heavy atom. The predicted molar refractivity (Wildman–Crippen MR) is 97.5 cm³/mol. The molecule has 0 aromatic heterocycles. The fourth-order valence-electron chi connectivity index (χ4n) is 2.25. The number of halogens is 2. The van der Waals surface area contributed by atoms with Crippen LogP contribution in [0.2, 0.25) is 10.0 Å². The lowest BCUT2D eigenvalue weighted by atomic mass is 10.1. The van der Waals surface area contributed by atoms with E-state index in [9.17, 15) is 4.79 Å². The topological polar surface area (TPSA) is 32.3 Å². The normalized spacial score (nSPS) is 10.4. The predicted octanol–water partition coefficient (Wildman–Crippen LogP) is 4.18. The number of carbonyl (C=O) groups excluding carboxylic acids is 1. The lowest BCUT2D eigenvalue weighted by Crippen LogP contribution is -2.33. The number of nitrogens with one attached hydrogen (secondary N) is 1. The molecule has 0 atom stereocenters. The van der Waals surface area contributed by atoms with Crippen LogP contribution in [-0.4, -0.2) is 26.0 Å². The third kappa shape index (κ3) is 5.45. The van der Waals surface area contributed by atoms with Crippen molar-refractivity contribution in [2.24, 2.45) is 0 Å². The molecule has 0 aliphatic rings. The molecule has 0 saturated heterocycles. The molecule has 0 unspecified atom stereocenters. The van der Waals surface area contributed by atoms with Gasteiger partial charge in [0.15, 0.2) is 0 Å². The summed E-state index contributed by atoms with van der Waals surface area (Å²) in [5.41, 5.74) is 2.03. The Bertz CT molecular complexity index is 647. The number of amides is 1. The SMILES string of the molecule is CN(CCNC(=O)CCc1cccc(Cl)c1Cl)c1ccccc1. The van der Waals surface area contributed by atoms with Gasteiger partial charge in [-0.2, -0.15) is 0 Å². The smallest absolute Gasteiger partial charge is 0.220 e. The zero-order chi connectivity index (χ0) is 16.7. The molecular weight excluding hydrogens is 331 g/mol. The van der Waals surface area contributed by atoms with E-state index < -0.39 is 0 Å². The highest BCUT2D eigenvalue weighted by Crippen LogP contribution is 2.26. The van der Waals surface area contributed by atoms with Crippen molar-refractivity contribution in [2.45, 2.75) is 12.8 Å². The molecule has 0 saturated carbocycles. The van der Waals surface area contributed by atoms with E-state index in [1.54, 1.807) is 6.07 Å². The van der Waals surface area contributed by atoms with Gasteiger partial charge in [-0.05, 0) is 30.2 Å². The second-order valence-electron chi connectivity index (χ2n) is 5.32. The molecule has 1 amide bonds. The van der Waals surface area contributed by atoms with Crippen molar-refractivity contribution in [3.05, 3.63) is 64.1 Å². The zero-order valence-corrected chi connectivity index (χ0v) is 14.6. The molecule has 0 radical (unpaired) electrons. The van der Waals surface area contributed by atoms with Crippen molar-refractivity contribution in [3.63, 3.8) is 0 Å². The van der Waals surface area contributed by atoms with Crippen molar-refractivity contribution >= 4 is 34.8 Å². The van der Waals surface area contributed by atoms with E-state index >= 15 is 0 Å². The van der Waals surface area contributed by atoms with Crippen LogP contribution in [0.15, 0.2) is 48.5 Å². The van der Waals surface area contributed by atoms with Crippen LogP contribution in [-0.2, 0) is 11.2 Å². The fourth-order valence-corrected chi connectivity index (χ4v) is 2.67. The number of hydrogen-bond acceptors (Lipinski definition) is 2. The van der Waals surface area contributed by atoms with E-state index in [0.717, 1.165) is 17.8 Å². The number of benzene rings is 2. The van der Waals surface area contributed by atoms with Gasteiger partial charge in [-0.25, -0.2) is 0 Å². The van der Waals surface area contributed by atoms with Gasteiger partial charge in [0.25, 0.3) is 0 Å². The molecule has 0 fully saturated rings. The van der Waals surface area contributed by atoms with Crippen molar-refractivity contribution in [2.75, 3.05) is 25.0 Å². The minimum absolute atomic E-state index is 0.0162. The second kappa shape index (κ2) is 8.80. The maximum atomic E-state index is 11.9. The van der Waals surface area contributed by atoms with Crippen LogP contribution in [0.3, 0.4) is 0 Å². The highest BCUT2D eigenvalue weighted by atomic mass is 35.5. The number of anilines is 1. The molecule has 1 N–H and O–H groups in total. The van der Waals surface area contributed by atoms with Gasteiger partial charge in [-0.1, -0.05) is 53.5 Å². The van der Waals surface area contributed by atoms with Crippen molar-refractivity contribution in [1.82, 2.24) is 5.32 Å². The molecule has 2 aromatic carbocycles. The van der Waals surface area contributed by atoms with Gasteiger partial charge >= 0.3 is 0 Å². The Morgan fingerprint density at radius 3 is 2.57 bits per heavy atom. The highest BCUT2D eigenvalue weighted by molar-refractivity contribution is 6.42. The lowest BCUT2D eigenvalue weighted by molar-refractivity contribution is -0.120. The molecule has 2 aromatic rings. The van der Waals surface area contributed by atoms with Crippen molar-refractivity contribution < 1.29 is 4.79 Å². The van der Waals surface area contributed by atoms with Gasteiger partial charge in [-0.15, -0.1) is 0 Å². The van der Waals surface area contributed by atoms with Gasteiger partial charge in [0, 0.05) is 32.2 Å². The quantitative estimate of drug-likeness (QED) is 0.812. The third-order valence-electron chi connectivity index (χ3n) is 3.62. The van der Waals surface area contributed by atoms with E-state index in [0.29, 0.717) is 29.4 Å². The first-order valence-corrected chi connectivity index (χ1v) is 8.29. The molecule has 23 heavy (non-hydrogen) atoms. The van der Waals surface area contributed by atoms with Gasteiger partial charge in [0.05, 0.1) is 10.0 Å². The average Bonchev–Trinajstić information content (AvgIpc) is 2.57. The monoisotopic (exact) mass is 350 g/mol. The van der Waals surface area contributed by atoms with E-state index in [-0.39, 0.29) is 5.91 Å². The van der Waals surface area contributed by atoms with Crippen LogP contribution in [0.1, 0.15) is 12.0 Å². The molecular formula is C18H20Cl2N2O. The first kappa shape index (κ1) is 17.6.